The molecule has 0 spiro atoms. The summed E-state index contributed by atoms with van der Waals surface area (Å²) >= 11 is 0. The quantitative estimate of drug-likeness (QED) is 0.861. The van der Waals surface area contributed by atoms with Crippen LogP contribution in [-0.4, -0.2) is 38.8 Å². The first-order chi connectivity index (χ1) is 13.7. The SMILES string of the molecule is O=C(CCC1CCCC1)N1CCC[C@@H](c2nc(-c3ccncc3)cc(=O)[nH]2)C1. The summed E-state index contributed by atoms with van der Waals surface area (Å²) in [5.74, 6) is 1.76. The van der Waals surface area contributed by atoms with Gasteiger partial charge in [0.05, 0.1) is 5.69 Å². The second kappa shape index (κ2) is 8.67. The molecule has 4 rings (SSSR count). The number of rotatable bonds is 5. The normalized spacial score (nSPS) is 20.4. The number of aromatic amines is 1. The first-order valence-electron chi connectivity index (χ1n) is 10.5. The van der Waals surface area contributed by atoms with Gasteiger partial charge in [0, 0.05) is 49.5 Å². The lowest BCUT2D eigenvalue weighted by molar-refractivity contribution is -0.132. The lowest BCUT2D eigenvalue weighted by Crippen LogP contribution is -2.40. The maximum absolute atomic E-state index is 12.7. The number of hydrogen-bond acceptors (Lipinski definition) is 4. The average Bonchev–Trinajstić information content (AvgIpc) is 3.26. The maximum atomic E-state index is 12.7. The lowest BCUT2D eigenvalue weighted by Gasteiger charge is -2.32. The number of H-pyrrole nitrogens is 1. The van der Waals surface area contributed by atoms with Crippen molar-refractivity contribution in [1.29, 1.82) is 0 Å². The summed E-state index contributed by atoms with van der Waals surface area (Å²) in [6, 6.07) is 5.22. The van der Waals surface area contributed by atoms with Crippen LogP contribution in [0.1, 0.15) is 63.1 Å². The monoisotopic (exact) mass is 380 g/mol. The minimum atomic E-state index is -0.151. The number of hydrogen-bond donors (Lipinski definition) is 1. The molecular formula is C22H28N4O2. The number of amides is 1. The molecule has 1 aliphatic carbocycles. The summed E-state index contributed by atoms with van der Waals surface area (Å²) in [4.78, 5) is 38.5. The maximum Gasteiger partial charge on any atom is 0.251 e. The van der Waals surface area contributed by atoms with E-state index >= 15 is 0 Å². The first-order valence-corrected chi connectivity index (χ1v) is 10.5. The molecule has 2 aromatic rings. The third-order valence-corrected chi connectivity index (χ3v) is 6.14. The second-order valence-electron chi connectivity index (χ2n) is 8.12. The van der Waals surface area contributed by atoms with Crippen molar-refractivity contribution in [3.8, 4) is 11.3 Å². The molecule has 0 radical (unpaired) electrons. The number of nitrogens with zero attached hydrogens (tertiary/aromatic N) is 3. The summed E-state index contributed by atoms with van der Waals surface area (Å²) < 4.78 is 0. The Morgan fingerprint density at radius 2 is 1.93 bits per heavy atom. The fraction of sp³-hybridized carbons (Fsp3) is 0.545. The molecule has 2 aliphatic rings. The van der Waals surface area contributed by atoms with E-state index in [9.17, 15) is 9.59 Å². The molecule has 1 N–H and O–H groups in total. The predicted molar refractivity (Wildman–Crippen MR) is 108 cm³/mol. The van der Waals surface area contributed by atoms with Crippen LogP contribution in [0, 0.1) is 5.92 Å². The van der Waals surface area contributed by atoms with E-state index in [1.165, 1.54) is 31.7 Å². The summed E-state index contributed by atoms with van der Waals surface area (Å²) in [5.41, 5.74) is 1.38. The number of likely N-dealkylation sites (tertiary alicyclic amines) is 1. The van der Waals surface area contributed by atoms with Crippen molar-refractivity contribution < 1.29 is 4.79 Å². The summed E-state index contributed by atoms with van der Waals surface area (Å²) in [6.07, 6.45) is 12.1. The van der Waals surface area contributed by atoms with E-state index in [0.717, 1.165) is 37.3 Å². The zero-order valence-corrected chi connectivity index (χ0v) is 16.3. The van der Waals surface area contributed by atoms with Crippen LogP contribution < -0.4 is 5.56 Å². The molecule has 0 unspecified atom stereocenters. The molecule has 6 nitrogen and oxygen atoms in total. The highest BCUT2D eigenvalue weighted by molar-refractivity contribution is 5.76. The van der Waals surface area contributed by atoms with Crippen LogP contribution in [0.3, 0.4) is 0 Å². The standard InChI is InChI=1S/C22H28N4O2/c27-20-14-19(17-9-11-23-12-10-17)24-22(25-20)18-6-3-13-26(15-18)21(28)8-7-16-4-1-2-5-16/h9-12,14,16,18H,1-8,13,15H2,(H,24,25,27)/t18-/m1/s1. The highest BCUT2D eigenvalue weighted by atomic mass is 16.2. The zero-order chi connectivity index (χ0) is 19.3. The Bertz CT molecular complexity index is 858. The minimum Gasteiger partial charge on any atom is -0.342 e. The van der Waals surface area contributed by atoms with Crippen molar-refractivity contribution in [2.45, 2.75) is 57.3 Å². The van der Waals surface area contributed by atoms with Crippen molar-refractivity contribution in [3.63, 3.8) is 0 Å². The van der Waals surface area contributed by atoms with E-state index in [2.05, 4.69) is 9.97 Å². The minimum absolute atomic E-state index is 0.0821. The predicted octanol–water partition coefficient (Wildman–Crippen LogP) is 3.51. The molecule has 3 heterocycles. The molecule has 2 aromatic heterocycles. The largest absolute Gasteiger partial charge is 0.342 e. The van der Waals surface area contributed by atoms with Crippen molar-refractivity contribution in [1.82, 2.24) is 19.9 Å². The van der Waals surface area contributed by atoms with Crippen LogP contribution in [0.5, 0.6) is 0 Å². The molecule has 0 bridgehead atoms. The van der Waals surface area contributed by atoms with Gasteiger partial charge in [-0.05, 0) is 37.3 Å². The molecule has 148 valence electrons. The number of nitrogens with one attached hydrogen (secondary N) is 1. The van der Waals surface area contributed by atoms with Crippen molar-refractivity contribution >= 4 is 5.91 Å². The van der Waals surface area contributed by atoms with E-state index in [0.29, 0.717) is 24.5 Å². The van der Waals surface area contributed by atoms with Crippen LogP contribution >= 0.6 is 0 Å². The van der Waals surface area contributed by atoms with E-state index in [1.807, 2.05) is 17.0 Å². The van der Waals surface area contributed by atoms with Gasteiger partial charge in [-0.25, -0.2) is 4.98 Å². The van der Waals surface area contributed by atoms with E-state index in [1.54, 1.807) is 12.4 Å². The van der Waals surface area contributed by atoms with Crippen molar-refractivity contribution in [2.24, 2.45) is 5.92 Å². The summed E-state index contributed by atoms with van der Waals surface area (Å²) in [6.45, 7) is 1.46. The van der Waals surface area contributed by atoms with Crippen LogP contribution in [0.25, 0.3) is 11.3 Å². The third-order valence-electron chi connectivity index (χ3n) is 6.14. The topological polar surface area (TPSA) is 79.0 Å². The fourth-order valence-electron chi connectivity index (χ4n) is 4.55. The Morgan fingerprint density at radius 1 is 1.14 bits per heavy atom. The van der Waals surface area contributed by atoms with E-state index in [4.69, 9.17) is 4.98 Å². The molecule has 0 aromatic carbocycles. The molecule has 1 atom stereocenters. The number of carbonyl (C=O) groups excluding carboxylic acids is 1. The number of piperidine rings is 1. The first kappa shape index (κ1) is 18.8. The fourth-order valence-corrected chi connectivity index (χ4v) is 4.55. The van der Waals surface area contributed by atoms with Gasteiger partial charge in [-0.1, -0.05) is 25.7 Å². The summed E-state index contributed by atoms with van der Waals surface area (Å²) in [7, 11) is 0. The molecule has 6 heteroatoms. The number of aromatic nitrogens is 3. The number of pyridine rings is 1. The molecule has 28 heavy (non-hydrogen) atoms. The Kier molecular flexibility index (Phi) is 5.84. The lowest BCUT2D eigenvalue weighted by atomic mass is 9.95. The Labute approximate surface area is 165 Å². The van der Waals surface area contributed by atoms with Crippen LogP contribution in [-0.2, 0) is 4.79 Å². The Balaban J connectivity index is 1.44. The highest BCUT2D eigenvalue weighted by Crippen LogP contribution is 2.30. The van der Waals surface area contributed by atoms with Crippen LogP contribution in [0.15, 0.2) is 35.4 Å². The van der Waals surface area contributed by atoms with Gasteiger partial charge in [0.1, 0.15) is 5.82 Å². The van der Waals surface area contributed by atoms with Crippen molar-refractivity contribution in [3.05, 3.63) is 46.8 Å². The molecule has 1 amide bonds. The van der Waals surface area contributed by atoms with Gasteiger partial charge in [0.2, 0.25) is 5.91 Å². The molecule has 1 saturated carbocycles. The smallest absolute Gasteiger partial charge is 0.251 e. The average molecular weight is 380 g/mol. The Morgan fingerprint density at radius 3 is 2.71 bits per heavy atom. The van der Waals surface area contributed by atoms with Gasteiger partial charge in [-0.15, -0.1) is 0 Å². The van der Waals surface area contributed by atoms with Gasteiger partial charge in [0.25, 0.3) is 5.56 Å². The van der Waals surface area contributed by atoms with Gasteiger partial charge in [0.15, 0.2) is 0 Å². The van der Waals surface area contributed by atoms with E-state index in [-0.39, 0.29) is 17.4 Å². The molecule has 1 aliphatic heterocycles. The number of carbonyl (C=O) groups is 1. The van der Waals surface area contributed by atoms with Crippen LogP contribution in [0.4, 0.5) is 0 Å². The highest BCUT2D eigenvalue weighted by Gasteiger charge is 2.27. The molecule has 1 saturated heterocycles. The third kappa shape index (κ3) is 4.49. The van der Waals surface area contributed by atoms with E-state index < -0.39 is 0 Å². The Hall–Kier alpha value is -2.50. The van der Waals surface area contributed by atoms with Gasteiger partial charge >= 0.3 is 0 Å². The van der Waals surface area contributed by atoms with Crippen molar-refractivity contribution in [2.75, 3.05) is 13.1 Å². The zero-order valence-electron chi connectivity index (χ0n) is 16.3. The molecular weight excluding hydrogens is 352 g/mol. The van der Waals surface area contributed by atoms with Gasteiger partial charge in [-0.3, -0.25) is 14.6 Å². The summed E-state index contributed by atoms with van der Waals surface area (Å²) in [5, 5.41) is 0. The molecule has 2 fully saturated rings. The van der Waals surface area contributed by atoms with Gasteiger partial charge < -0.3 is 9.88 Å². The van der Waals surface area contributed by atoms with Crippen LogP contribution in [0.2, 0.25) is 0 Å². The van der Waals surface area contributed by atoms with Gasteiger partial charge in [-0.2, -0.15) is 0 Å². The second-order valence-corrected chi connectivity index (χ2v) is 8.12.